The number of nitrogens with zero attached hydrogens (tertiary/aromatic N) is 3. The molecule has 5 nitrogen and oxygen atoms in total. The lowest BCUT2D eigenvalue weighted by Crippen LogP contribution is -2.32. The molecule has 134 valence electrons. The molecular formula is C20H21N3O2S. The topological polar surface area (TPSA) is 59.2 Å². The van der Waals surface area contributed by atoms with Gasteiger partial charge in [0.15, 0.2) is 0 Å². The van der Waals surface area contributed by atoms with E-state index in [2.05, 4.69) is 16.3 Å². The Morgan fingerprint density at radius 2 is 1.77 bits per heavy atom. The number of amides is 1. The molecule has 6 heteroatoms. The van der Waals surface area contributed by atoms with Crippen LogP contribution < -0.4 is 4.90 Å². The molecule has 0 radical (unpaired) electrons. The van der Waals surface area contributed by atoms with Crippen molar-refractivity contribution in [1.82, 2.24) is 10.2 Å². The minimum absolute atomic E-state index is 0.00912. The highest BCUT2D eigenvalue weighted by molar-refractivity contribution is 7.99. The Hall–Kier alpha value is -2.60. The lowest BCUT2D eigenvalue weighted by Gasteiger charge is -2.20. The molecule has 0 fully saturated rings. The number of carbonyl (C=O) groups excluding carboxylic acids is 1. The first-order valence-corrected chi connectivity index (χ1v) is 9.45. The van der Waals surface area contributed by atoms with Crippen molar-refractivity contribution in [2.24, 2.45) is 0 Å². The molecule has 0 saturated carbocycles. The van der Waals surface area contributed by atoms with Crippen molar-refractivity contribution in [3.8, 4) is 11.5 Å². The number of hydrogen-bond acceptors (Lipinski definition) is 5. The van der Waals surface area contributed by atoms with E-state index in [1.807, 2.05) is 63.2 Å². The zero-order valence-electron chi connectivity index (χ0n) is 15.1. The van der Waals surface area contributed by atoms with Crippen LogP contribution in [0.3, 0.4) is 0 Å². The van der Waals surface area contributed by atoms with Crippen LogP contribution in [-0.2, 0) is 4.79 Å². The molecular weight excluding hydrogens is 346 g/mol. The van der Waals surface area contributed by atoms with Gasteiger partial charge in [0.2, 0.25) is 11.8 Å². The van der Waals surface area contributed by atoms with Gasteiger partial charge in [-0.05, 0) is 45.0 Å². The summed E-state index contributed by atoms with van der Waals surface area (Å²) in [6.07, 6.45) is 0. The van der Waals surface area contributed by atoms with Crippen molar-refractivity contribution < 1.29 is 9.21 Å². The van der Waals surface area contributed by atoms with Gasteiger partial charge in [0.1, 0.15) is 0 Å². The highest BCUT2D eigenvalue weighted by Gasteiger charge is 2.16. The van der Waals surface area contributed by atoms with E-state index in [9.17, 15) is 4.79 Å². The lowest BCUT2D eigenvalue weighted by molar-refractivity contribution is -0.116. The molecule has 1 amide bonds. The Kier molecular flexibility index (Phi) is 5.73. The third-order valence-corrected chi connectivity index (χ3v) is 4.68. The van der Waals surface area contributed by atoms with E-state index in [1.165, 1.54) is 11.8 Å². The van der Waals surface area contributed by atoms with E-state index in [0.717, 1.165) is 22.4 Å². The fourth-order valence-corrected chi connectivity index (χ4v) is 3.43. The molecule has 0 unspecified atom stereocenters. The normalized spacial score (nSPS) is 10.7. The molecule has 3 rings (SSSR count). The summed E-state index contributed by atoms with van der Waals surface area (Å²) in [7, 11) is 0. The monoisotopic (exact) mass is 367 g/mol. The van der Waals surface area contributed by atoms with E-state index in [1.54, 1.807) is 4.90 Å². The molecule has 0 aliphatic heterocycles. The van der Waals surface area contributed by atoms with Gasteiger partial charge < -0.3 is 9.32 Å². The summed E-state index contributed by atoms with van der Waals surface area (Å²) in [4.78, 5) is 14.3. The standard InChI is InChI=1S/C20H21N3O2S/c1-4-23(17-8-6-5-7-9-17)18(24)13-26-20-22-21-19(25-20)16-11-14(2)10-15(3)12-16/h5-12H,4,13H2,1-3H3. The van der Waals surface area contributed by atoms with Gasteiger partial charge >= 0.3 is 0 Å². The average Bonchev–Trinajstić information content (AvgIpc) is 3.10. The number of carbonyl (C=O) groups is 1. The van der Waals surface area contributed by atoms with Crippen molar-refractivity contribution in [2.75, 3.05) is 17.2 Å². The number of benzene rings is 2. The first kappa shape index (κ1) is 18.2. The van der Waals surface area contributed by atoms with E-state index < -0.39 is 0 Å². The van der Waals surface area contributed by atoms with E-state index >= 15 is 0 Å². The fourth-order valence-electron chi connectivity index (χ4n) is 2.80. The van der Waals surface area contributed by atoms with E-state index in [-0.39, 0.29) is 11.7 Å². The van der Waals surface area contributed by atoms with Gasteiger partial charge in [-0.3, -0.25) is 4.79 Å². The van der Waals surface area contributed by atoms with Crippen molar-refractivity contribution in [1.29, 1.82) is 0 Å². The largest absolute Gasteiger partial charge is 0.411 e. The summed E-state index contributed by atoms with van der Waals surface area (Å²) in [5, 5.41) is 8.56. The Balaban J connectivity index is 1.67. The van der Waals surface area contributed by atoms with Crippen LogP contribution >= 0.6 is 11.8 Å². The average molecular weight is 367 g/mol. The molecule has 1 aromatic heterocycles. The van der Waals surface area contributed by atoms with Gasteiger partial charge in [-0.15, -0.1) is 10.2 Å². The minimum atomic E-state index is 0.00912. The van der Waals surface area contributed by atoms with Crippen molar-refractivity contribution in [3.05, 3.63) is 59.7 Å². The Labute approximate surface area is 157 Å². The summed E-state index contributed by atoms with van der Waals surface area (Å²) >= 11 is 1.26. The quantitative estimate of drug-likeness (QED) is 0.601. The first-order chi connectivity index (χ1) is 12.6. The maximum atomic E-state index is 12.5. The zero-order valence-corrected chi connectivity index (χ0v) is 15.9. The smallest absolute Gasteiger partial charge is 0.277 e. The fraction of sp³-hybridized carbons (Fsp3) is 0.250. The van der Waals surface area contributed by atoms with E-state index in [4.69, 9.17) is 4.42 Å². The second kappa shape index (κ2) is 8.19. The van der Waals surface area contributed by atoms with Crippen LogP contribution in [0.4, 0.5) is 5.69 Å². The van der Waals surface area contributed by atoms with Gasteiger partial charge in [0.05, 0.1) is 5.75 Å². The van der Waals surface area contributed by atoms with Gasteiger partial charge in [-0.2, -0.15) is 0 Å². The second-order valence-corrected chi connectivity index (χ2v) is 6.94. The number of anilines is 1. The molecule has 0 atom stereocenters. The highest BCUT2D eigenvalue weighted by Crippen LogP contribution is 2.25. The molecule has 0 N–H and O–H groups in total. The molecule has 1 heterocycles. The number of rotatable bonds is 6. The Bertz CT molecular complexity index is 873. The van der Waals surface area contributed by atoms with Crippen molar-refractivity contribution in [2.45, 2.75) is 26.0 Å². The van der Waals surface area contributed by atoms with Gasteiger partial charge in [-0.1, -0.05) is 47.2 Å². The molecule has 2 aromatic carbocycles. The second-order valence-electron chi connectivity index (χ2n) is 6.01. The Morgan fingerprint density at radius 3 is 2.42 bits per heavy atom. The van der Waals surface area contributed by atoms with Crippen LogP contribution in [0.2, 0.25) is 0 Å². The van der Waals surface area contributed by atoms with Crippen LogP contribution in [-0.4, -0.2) is 28.4 Å². The summed E-state index contributed by atoms with van der Waals surface area (Å²) < 4.78 is 5.72. The Morgan fingerprint density at radius 1 is 1.08 bits per heavy atom. The van der Waals surface area contributed by atoms with Crippen LogP contribution in [0.25, 0.3) is 11.5 Å². The van der Waals surface area contributed by atoms with Crippen LogP contribution in [0.5, 0.6) is 0 Å². The van der Waals surface area contributed by atoms with Crippen LogP contribution in [0.15, 0.2) is 58.2 Å². The molecule has 0 aliphatic carbocycles. The summed E-state index contributed by atoms with van der Waals surface area (Å²) in [5.74, 6) is 0.731. The van der Waals surface area contributed by atoms with Gasteiger partial charge in [0.25, 0.3) is 5.22 Å². The number of thioether (sulfide) groups is 1. The predicted octanol–water partition coefficient (Wildman–Crippen LogP) is 4.50. The van der Waals surface area contributed by atoms with Crippen LogP contribution in [0.1, 0.15) is 18.1 Å². The number of para-hydroxylation sites is 1. The third kappa shape index (κ3) is 4.32. The van der Waals surface area contributed by atoms with Crippen LogP contribution in [0, 0.1) is 13.8 Å². The van der Waals surface area contributed by atoms with Gasteiger partial charge in [0, 0.05) is 17.8 Å². The SMILES string of the molecule is CCN(C(=O)CSc1nnc(-c2cc(C)cc(C)c2)o1)c1ccccc1. The summed E-state index contributed by atoms with van der Waals surface area (Å²) in [6.45, 7) is 6.63. The third-order valence-electron chi connectivity index (χ3n) is 3.88. The molecule has 0 bridgehead atoms. The molecule has 3 aromatic rings. The number of aromatic nitrogens is 2. The molecule has 0 spiro atoms. The maximum Gasteiger partial charge on any atom is 0.277 e. The molecule has 0 saturated heterocycles. The molecule has 26 heavy (non-hydrogen) atoms. The summed E-state index contributed by atoms with van der Waals surface area (Å²) in [6, 6.07) is 15.7. The summed E-state index contributed by atoms with van der Waals surface area (Å²) in [5.41, 5.74) is 4.07. The highest BCUT2D eigenvalue weighted by atomic mass is 32.2. The minimum Gasteiger partial charge on any atom is -0.411 e. The lowest BCUT2D eigenvalue weighted by atomic mass is 10.1. The van der Waals surface area contributed by atoms with Crippen molar-refractivity contribution >= 4 is 23.4 Å². The van der Waals surface area contributed by atoms with E-state index in [0.29, 0.717) is 17.7 Å². The van der Waals surface area contributed by atoms with Gasteiger partial charge in [-0.25, -0.2) is 0 Å². The number of hydrogen-bond donors (Lipinski definition) is 0. The predicted molar refractivity (Wildman–Crippen MR) is 104 cm³/mol. The maximum absolute atomic E-state index is 12.5. The number of aryl methyl sites for hydroxylation is 2. The zero-order chi connectivity index (χ0) is 18.5. The van der Waals surface area contributed by atoms with Crippen molar-refractivity contribution in [3.63, 3.8) is 0 Å². The first-order valence-electron chi connectivity index (χ1n) is 8.47. The molecule has 0 aliphatic rings.